The first-order valence-corrected chi connectivity index (χ1v) is 7.57. The Morgan fingerprint density at radius 3 is 2.55 bits per heavy atom. The van der Waals surface area contributed by atoms with Crippen LogP contribution in [0.3, 0.4) is 0 Å². The molecule has 3 N–H and O–H groups in total. The lowest BCUT2D eigenvalue weighted by Crippen LogP contribution is -2.32. The van der Waals surface area contributed by atoms with Gasteiger partial charge in [-0.1, -0.05) is 27.7 Å². The Morgan fingerprint density at radius 1 is 1.45 bits per heavy atom. The molecule has 112 valence electrons. The minimum atomic E-state index is -0.0329. The summed E-state index contributed by atoms with van der Waals surface area (Å²) >= 11 is 0. The third-order valence-corrected chi connectivity index (χ3v) is 4.84. The number of carbonyl (C=O) groups is 1. The molecule has 1 aromatic heterocycles. The molecule has 5 nitrogen and oxygen atoms in total. The Balaban J connectivity index is 2.17. The summed E-state index contributed by atoms with van der Waals surface area (Å²) in [6.07, 6.45) is 3.30. The number of nitrogens with zero attached hydrogens (tertiary/aromatic N) is 2. The lowest BCUT2D eigenvalue weighted by molar-refractivity contribution is 0.0765. The molecule has 1 aliphatic heterocycles. The standard InChI is InChI=1S/C15H26N4O/c1-5-15(6-2)7-8-19(9-15)14(20)13-11(16)12(10(3)4)17-18-13/h10H,5-9,16H2,1-4H3,(H,17,18). The van der Waals surface area contributed by atoms with Crippen LogP contribution >= 0.6 is 0 Å². The molecule has 0 bridgehead atoms. The van der Waals surface area contributed by atoms with Crippen LogP contribution in [-0.2, 0) is 0 Å². The molecule has 2 heterocycles. The minimum absolute atomic E-state index is 0.0329. The highest BCUT2D eigenvalue weighted by Gasteiger charge is 2.38. The molecular weight excluding hydrogens is 252 g/mol. The predicted molar refractivity (Wildman–Crippen MR) is 80.6 cm³/mol. The van der Waals surface area contributed by atoms with Gasteiger partial charge in [-0.05, 0) is 30.6 Å². The molecule has 1 amide bonds. The largest absolute Gasteiger partial charge is 0.395 e. The summed E-state index contributed by atoms with van der Waals surface area (Å²) in [6, 6.07) is 0. The Bertz CT molecular complexity index is 488. The number of anilines is 1. The molecule has 0 aliphatic carbocycles. The van der Waals surface area contributed by atoms with Gasteiger partial charge in [0.25, 0.3) is 5.91 Å². The van der Waals surface area contributed by atoms with Crippen molar-refractivity contribution < 1.29 is 4.79 Å². The molecule has 0 spiro atoms. The van der Waals surface area contributed by atoms with Gasteiger partial charge >= 0.3 is 0 Å². The van der Waals surface area contributed by atoms with Gasteiger partial charge in [0, 0.05) is 13.1 Å². The van der Waals surface area contributed by atoms with E-state index in [9.17, 15) is 4.79 Å². The van der Waals surface area contributed by atoms with E-state index in [1.54, 1.807) is 0 Å². The van der Waals surface area contributed by atoms with Crippen LogP contribution in [0.1, 0.15) is 69.1 Å². The van der Waals surface area contributed by atoms with Crippen molar-refractivity contribution in [2.24, 2.45) is 5.41 Å². The van der Waals surface area contributed by atoms with Gasteiger partial charge in [0.1, 0.15) is 0 Å². The quantitative estimate of drug-likeness (QED) is 0.889. The average molecular weight is 278 g/mol. The van der Waals surface area contributed by atoms with Crippen LogP contribution in [0.5, 0.6) is 0 Å². The van der Waals surface area contributed by atoms with Crippen molar-refractivity contribution in [2.45, 2.75) is 52.9 Å². The Kier molecular flexibility index (Phi) is 4.06. The topological polar surface area (TPSA) is 75.0 Å². The van der Waals surface area contributed by atoms with Crippen LogP contribution in [0.4, 0.5) is 5.69 Å². The molecule has 0 saturated carbocycles. The molecule has 0 aromatic carbocycles. The number of nitrogens with two attached hydrogens (primary N) is 1. The van der Waals surface area contributed by atoms with E-state index in [2.05, 4.69) is 24.0 Å². The number of amides is 1. The number of hydrogen-bond acceptors (Lipinski definition) is 3. The normalized spacial score (nSPS) is 17.9. The Hall–Kier alpha value is -1.52. The van der Waals surface area contributed by atoms with Crippen molar-refractivity contribution in [1.29, 1.82) is 0 Å². The lowest BCUT2D eigenvalue weighted by atomic mass is 9.82. The maximum atomic E-state index is 12.6. The van der Waals surface area contributed by atoms with Crippen LogP contribution < -0.4 is 5.73 Å². The van der Waals surface area contributed by atoms with Crippen LogP contribution in [0.2, 0.25) is 0 Å². The van der Waals surface area contributed by atoms with Crippen molar-refractivity contribution in [3.05, 3.63) is 11.4 Å². The van der Waals surface area contributed by atoms with Crippen molar-refractivity contribution in [2.75, 3.05) is 18.8 Å². The second kappa shape index (κ2) is 5.46. The monoisotopic (exact) mass is 278 g/mol. The molecule has 0 radical (unpaired) electrons. The molecular formula is C15H26N4O. The zero-order valence-corrected chi connectivity index (χ0v) is 13.0. The number of rotatable bonds is 4. The molecule has 2 rings (SSSR count). The first kappa shape index (κ1) is 14.9. The van der Waals surface area contributed by atoms with Gasteiger partial charge in [-0.2, -0.15) is 5.10 Å². The maximum Gasteiger partial charge on any atom is 0.276 e. The van der Waals surface area contributed by atoms with Gasteiger partial charge in [-0.25, -0.2) is 0 Å². The van der Waals surface area contributed by atoms with Gasteiger partial charge in [-0.3, -0.25) is 9.89 Å². The van der Waals surface area contributed by atoms with E-state index in [1.165, 1.54) is 0 Å². The minimum Gasteiger partial charge on any atom is -0.395 e. The smallest absolute Gasteiger partial charge is 0.276 e. The second-order valence-electron chi connectivity index (χ2n) is 6.24. The highest BCUT2D eigenvalue weighted by Crippen LogP contribution is 2.37. The average Bonchev–Trinajstić information content (AvgIpc) is 3.02. The summed E-state index contributed by atoms with van der Waals surface area (Å²) in [5, 5.41) is 7.04. The fraction of sp³-hybridized carbons (Fsp3) is 0.733. The molecule has 20 heavy (non-hydrogen) atoms. The number of aromatic amines is 1. The van der Waals surface area contributed by atoms with E-state index >= 15 is 0 Å². The molecule has 1 saturated heterocycles. The van der Waals surface area contributed by atoms with Gasteiger partial charge in [0.05, 0.1) is 11.4 Å². The molecule has 0 unspecified atom stereocenters. The van der Waals surface area contributed by atoms with E-state index in [1.807, 2.05) is 18.7 Å². The number of nitrogen functional groups attached to an aromatic ring is 1. The lowest BCUT2D eigenvalue weighted by Gasteiger charge is -2.26. The van der Waals surface area contributed by atoms with E-state index in [-0.39, 0.29) is 17.2 Å². The number of nitrogens with one attached hydrogen (secondary N) is 1. The summed E-state index contributed by atoms with van der Waals surface area (Å²) in [6.45, 7) is 10.1. The Morgan fingerprint density at radius 2 is 2.10 bits per heavy atom. The van der Waals surface area contributed by atoms with E-state index in [0.29, 0.717) is 11.4 Å². The van der Waals surface area contributed by atoms with Crippen molar-refractivity contribution in [3.63, 3.8) is 0 Å². The van der Waals surface area contributed by atoms with Crippen molar-refractivity contribution >= 4 is 11.6 Å². The molecule has 0 atom stereocenters. The summed E-state index contributed by atoms with van der Waals surface area (Å²) in [4.78, 5) is 14.5. The summed E-state index contributed by atoms with van der Waals surface area (Å²) in [5.74, 6) is 0.211. The molecule has 1 aliphatic rings. The fourth-order valence-corrected chi connectivity index (χ4v) is 3.05. The van der Waals surface area contributed by atoms with E-state index < -0.39 is 0 Å². The van der Waals surface area contributed by atoms with Crippen LogP contribution in [0.15, 0.2) is 0 Å². The van der Waals surface area contributed by atoms with Crippen LogP contribution in [-0.4, -0.2) is 34.1 Å². The molecule has 1 aromatic rings. The number of likely N-dealkylation sites (tertiary alicyclic amines) is 1. The summed E-state index contributed by atoms with van der Waals surface area (Å²) in [5.41, 5.74) is 8.09. The van der Waals surface area contributed by atoms with Crippen molar-refractivity contribution in [1.82, 2.24) is 15.1 Å². The van der Waals surface area contributed by atoms with Gasteiger partial charge < -0.3 is 10.6 Å². The number of hydrogen-bond donors (Lipinski definition) is 2. The maximum absolute atomic E-state index is 12.6. The highest BCUT2D eigenvalue weighted by molar-refractivity contribution is 5.97. The predicted octanol–water partition coefficient (Wildman–Crippen LogP) is 2.77. The third kappa shape index (κ3) is 2.41. The fourth-order valence-electron chi connectivity index (χ4n) is 3.05. The van der Waals surface area contributed by atoms with E-state index in [0.717, 1.165) is 38.0 Å². The van der Waals surface area contributed by atoms with Gasteiger partial charge in [0.2, 0.25) is 0 Å². The SMILES string of the molecule is CCC1(CC)CCN(C(=O)c2n[nH]c(C(C)C)c2N)C1. The summed E-state index contributed by atoms with van der Waals surface area (Å²) in [7, 11) is 0. The van der Waals surface area contributed by atoms with Gasteiger partial charge in [0.15, 0.2) is 5.69 Å². The number of H-pyrrole nitrogens is 1. The highest BCUT2D eigenvalue weighted by atomic mass is 16.2. The van der Waals surface area contributed by atoms with Gasteiger partial charge in [-0.15, -0.1) is 0 Å². The summed E-state index contributed by atoms with van der Waals surface area (Å²) < 4.78 is 0. The first-order valence-electron chi connectivity index (χ1n) is 7.57. The Labute approximate surface area is 120 Å². The third-order valence-electron chi connectivity index (χ3n) is 4.84. The zero-order valence-electron chi connectivity index (χ0n) is 13.0. The molecule has 5 heteroatoms. The zero-order chi connectivity index (χ0) is 14.9. The van der Waals surface area contributed by atoms with Crippen molar-refractivity contribution in [3.8, 4) is 0 Å². The van der Waals surface area contributed by atoms with Crippen LogP contribution in [0, 0.1) is 5.41 Å². The van der Waals surface area contributed by atoms with Crippen LogP contribution in [0.25, 0.3) is 0 Å². The number of aromatic nitrogens is 2. The van der Waals surface area contributed by atoms with E-state index in [4.69, 9.17) is 5.73 Å². The first-order chi connectivity index (χ1) is 9.44. The molecule has 1 fully saturated rings. The number of carbonyl (C=O) groups excluding carboxylic acids is 1. The second-order valence-corrected chi connectivity index (χ2v) is 6.24.